The van der Waals surface area contributed by atoms with Crippen molar-refractivity contribution in [2.75, 3.05) is 13.1 Å². The number of hydrogen-bond acceptors (Lipinski definition) is 4. The van der Waals surface area contributed by atoms with Crippen LogP contribution in [0.15, 0.2) is 29.6 Å². The molecule has 1 aromatic heterocycles. The van der Waals surface area contributed by atoms with Crippen molar-refractivity contribution >= 4 is 41.3 Å². The third-order valence-electron chi connectivity index (χ3n) is 3.88. The maximum atomic E-state index is 12.7. The van der Waals surface area contributed by atoms with Crippen LogP contribution >= 0.6 is 35.3 Å². The van der Waals surface area contributed by atoms with Crippen LogP contribution in [0.2, 0.25) is 5.02 Å². The molecule has 7 heteroatoms. The minimum atomic E-state index is 0. The molecule has 1 amide bonds. The Labute approximate surface area is 151 Å². The average Bonchev–Trinajstić information content (AvgIpc) is 3.16. The largest absolute Gasteiger partial charge is 0.330 e. The topological polar surface area (TPSA) is 59.2 Å². The number of carbonyl (C=O) groups is 1. The minimum Gasteiger partial charge on any atom is -0.330 e. The van der Waals surface area contributed by atoms with Crippen LogP contribution in [-0.2, 0) is 6.42 Å². The van der Waals surface area contributed by atoms with Crippen LogP contribution in [0.3, 0.4) is 0 Å². The number of likely N-dealkylation sites (tertiary alicyclic amines) is 1. The van der Waals surface area contributed by atoms with E-state index in [0.717, 1.165) is 36.4 Å². The van der Waals surface area contributed by atoms with Crippen molar-refractivity contribution in [2.45, 2.75) is 25.3 Å². The first-order valence-corrected chi connectivity index (χ1v) is 8.65. The van der Waals surface area contributed by atoms with Crippen LogP contribution < -0.4 is 5.73 Å². The number of thiazole rings is 1. The molecule has 1 aromatic carbocycles. The molecular formula is C16H19Cl2N3OS. The Kier molecular flexibility index (Phi) is 6.41. The third-order valence-corrected chi connectivity index (χ3v) is 5.02. The predicted molar refractivity (Wildman–Crippen MR) is 96.6 cm³/mol. The smallest absolute Gasteiger partial charge is 0.273 e. The molecule has 0 saturated carbocycles. The quantitative estimate of drug-likeness (QED) is 0.890. The number of rotatable bonds is 4. The molecule has 4 nitrogen and oxygen atoms in total. The van der Waals surface area contributed by atoms with E-state index in [2.05, 4.69) is 4.98 Å². The monoisotopic (exact) mass is 371 g/mol. The van der Waals surface area contributed by atoms with Crippen LogP contribution in [-0.4, -0.2) is 28.9 Å². The molecule has 23 heavy (non-hydrogen) atoms. The lowest BCUT2D eigenvalue weighted by molar-refractivity contribution is 0.0730. The van der Waals surface area contributed by atoms with E-state index in [4.69, 9.17) is 17.3 Å². The molecule has 0 radical (unpaired) electrons. The molecule has 124 valence electrons. The van der Waals surface area contributed by atoms with Crippen molar-refractivity contribution in [1.82, 2.24) is 9.88 Å². The first-order chi connectivity index (χ1) is 10.7. The molecule has 1 atom stereocenters. The van der Waals surface area contributed by atoms with Gasteiger partial charge in [0.05, 0.1) is 11.0 Å². The summed E-state index contributed by atoms with van der Waals surface area (Å²) < 4.78 is 0. The lowest BCUT2D eigenvalue weighted by Gasteiger charge is -2.24. The molecular weight excluding hydrogens is 353 g/mol. The number of aromatic nitrogens is 1. The summed E-state index contributed by atoms with van der Waals surface area (Å²) in [6.45, 7) is 1.32. The first-order valence-electron chi connectivity index (χ1n) is 7.40. The Morgan fingerprint density at radius 2 is 2.30 bits per heavy atom. The van der Waals surface area contributed by atoms with Gasteiger partial charge in [0.15, 0.2) is 0 Å². The summed E-state index contributed by atoms with van der Waals surface area (Å²) in [6, 6.07) is 7.85. The molecule has 1 fully saturated rings. The van der Waals surface area contributed by atoms with Crippen molar-refractivity contribution in [3.63, 3.8) is 0 Å². The molecule has 1 aliphatic heterocycles. The molecule has 0 aliphatic carbocycles. The number of carbonyl (C=O) groups excluding carboxylic acids is 1. The van der Waals surface area contributed by atoms with Crippen molar-refractivity contribution in [2.24, 2.45) is 5.73 Å². The van der Waals surface area contributed by atoms with Gasteiger partial charge in [0, 0.05) is 23.4 Å². The molecule has 0 bridgehead atoms. The molecule has 1 aliphatic rings. The van der Waals surface area contributed by atoms with Crippen LogP contribution in [0.1, 0.15) is 39.9 Å². The zero-order chi connectivity index (χ0) is 15.5. The Balaban J connectivity index is 0.00000192. The summed E-state index contributed by atoms with van der Waals surface area (Å²) in [6.07, 6.45) is 2.68. The Morgan fingerprint density at radius 1 is 1.48 bits per heavy atom. The van der Waals surface area contributed by atoms with Crippen molar-refractivity contribution < 1.29 is 4.79 Å². The number of hydrogen-bond donors (Lipinski definition) is 1. The van der Waals surface area contributed by atoms with Crippen molar-refractivity contribution in [3.05, 3.63) is 50.9 Å². The highest BCUT2D eigenvalue weighted by molar-refractivity contribution is 7.09. The van der Waals surface area contributed by atoms with Gasteiger partial charge in [-0.3, -0.25) is 4.79 Å². The SMILES string of the molecule is Cl.NCCc1nc(C(=O)N2CCCC2c2cccc(Cl)c2)cs1. The maximum absolute atomic E-state index is 12.7. The van der Waals surface area contributed by atoms with E-state index in [1.54, 1.807) is 0 Å². The Hall–Kier alpha value is -1.14. The second-order valence-electron chi connectivity index (χ2n) is 5.38. The van der Waals surface area contributed by atoms with Crippen LogP contribution in [0.5, 0.6) is 0 Å². The maximum Gasteiger partial charge on any atom is 0.273 e. The highest BCUT2D eigenvalue weighted by atomic mass is 35.5. The second kappa shape index (κ2) is 8.11. The van der Waals surface area contributed by atoms with Gasteiger partial charge in [-0.05, 0) is 37.1 Å². The van der Waals surface area contributed by atoms with Crippen LogP contribution in [0.4, 0.5) is 0 Å². The fourth-order valence-corrected chi connectivity index (χ4v) is 3.85. The van der Waals surface area contributed by atoms with E-state index in [-0.39, 0.29) is 24.4 Å². The summed E-state index contributed by atoms with van der Waals surface area (Å²) in [7, 11) is 0. The van der Waals surface area contributed by atoms with E-state index in [0.29, 0.717) is 17.3 Å². The normalized spacial score (nSPS) is 17.1. The lowest BCUT2D eigenvalue weighted by atomic mass is 10.0. The van der Waals surface area contributed by atoms with Gasteiger partial charge in [-0.15, -0.1) is 23.7 Å². The van der Waals surface area contributed by atoms with E-state index < -0.39 is 0 Å². The van der Waals surface area contributed by atoms with Gasteiger partial charge in [-0.1, -0.05) is 23.7 Å². The zero-order valence-corrected chi connectivity index (χ0v) is 15.0. The van der Waals surface area contributed by atoms with E-state index in [1.165, 1.54) is 11.3 Å². The molecule has 2 heterocycles. The fraction of sp³-hybridized carbons (Fsp3) is 0.375. The summed E-state index contributed by atoms with van der Waals surface area (Å²) in [4.78, 5) is 19.1. The average molecular weight is 372 g/mol. The van der Waals surface area contributed by atoms with Gasteiger partial charge in [0.1, 0.15) is 5.69 Å². The summed E-state index contributed by atoms with van der Waals surface area (Å²) in [5, 5.41) is 3.46. The summed E-state index contributed by atoms with van der Waals surface area (Å²) in [5.41, 5.74) is 7.16. The number of halogens is 2. The first kappa shape index (κ1) is 18.2. The van der Waals surface area contributed by atoms with Gasteiger partial charge in [0.25, 0.3) is 5.91 Å². The van der Waals surface area contributed by atoms with E-state index in [1.807, 2.05) is 34.5 Å². The van der Waals surface area contributed by atoms with Crippen LogP contribution in [0.25, 0.3) is 0 Å². The summed E-state index contributed by atoms with van der Waals surface area (Å²) in [5.74, 6) is 0.00185. The van der Waals surface area contributed by atoms with Crippen molar-refractivity contribution in [1.29, 1.82) is 0 Å². The van der Waals surface area contributed by atoms with E-state index in [9.17, 15) is 4.79 Å². The van der Waals surface area contributed by atoms with Gasteiger partial charge in [-0.2, -0.15) is 0 Å². The molecule has 1 saturated heterocycles. The molecule has 2 N–H and O–H groups in total. The van der Waals surface area contributed by atoms with Gasteiger partial charge in [0.2, 0.25) is 0 Å². The lowest BCUT2D eigenvalue weighted by Crippen LogP contribution is -2.30. The number of nitrogens with zero attached hydrogens (tertiary/aromatic N) is 2. The molecule has 1 unspecified atom stereocenters. The van der Waals surface area contributed by atoms with Gasteiger partial charge < -0.3 is 10.6 Å². The molecule has 2 aromatic rings. The zero-order valence-electron chi connectivity index (χ0n) is 12.6. The second-order valence-corrected chi connectivity index (χ2v) is 6.76. The highest BCUT2D eigenvalue weighted by Gasteiger charge is 2.31. The Morgan fingerprint density at radius 3 is 3.04 bits per heavy atom. The molecule has 3 rings (SSSR count). The van der Waals surface area contributed by atoms with Crippen LogP contribution in [0, 0.1) is 0 Å². The highest BCUT2D eigenvalue weighted by Crippen LogP contribution is 2.34. The van der Waals surface area contributed by atoms with Gasteiger partial charge >= 0.3 is 0 Å². The Bertz CT molecular complexity index is 677. The van der Waals surface area contributed by atoms with E-state index >= 15 is 0 Å². The minimum absolute atomic E-state index is 0. The fourth-order valence-electron chi connectivity index (χ4n) is 2.86. The van der Waals surface area contributed by atoms with Gasteiger partial charge in [-0.25, -0.2) is 4.98 Å². The standard InChI is InChI=1S/C16H18ClN3OS.ClH/c17-12-4-1-3-11(9-12)14-5-2-8-20(14)16(21)13-10-22-15(19-13)6-7-18;/h1,3-4,9-10,14H,2,5-8,18H2;1H. The number of benzene rings is 1. The predicted octanol–water partition coefficient (Wildman–Crippen LogP) is 3.70. The molecule has 0 spiro atoms. The third kappa shape index (κ3) is 4.04. The van der Waals surface area contributed by atoms with Crippen molar-refractivity contribution in [3.8, 4) is 0 Å². The summed E-state index contributed by atoms with van der Waals surface area (Å²) >= 11 is 7.58. The number of amides is 1. The number of nitrogens with two attached hydrogens (primary N) is 1.